The number of amides is 1. The van der Waals surface area contributed by atoms with Gasteiger partial charge in [0.25, 0.3) is 5.91 Å². The third-order valence-electron chi connectivity index (χ3n) is 5.83. The van der Waals surface area contributed by atoms with E-state index in [1.807, 2.05) is 60.6 Å². The van der Waals surface area contributed by atoms with Crippen molar-refractivity contribution in [2.75, 3.05) is 0 Å². The van der Waals surface area contributed by atoms with Crippen LogP contribution in [-0.4, -0.2) is 34.2 Å². The van der Waals surface area contributed by atoms with E-state index < -0.39 is 24.2 Å². The molecule has 148 valence electrons. The van der Waals surface area contributed by atoms with Crippen LogP contribution in [0.5, 0.6) is 0 Å². The van der Waals surface area contributed by atoms with E-state index in [1.165, 1.54) is 0 Å². The second kappa shape index (κ2) is 6.67. The van der Waals surface area contributed by atoms with Crippen molar-refractivity contribution in [3.63, 3.8) is 0 Å². The van der Waals surface area contributed by atoms with Crippen LogP contribution in [0, 0.1) is 27.7 Å². The third kappa shape index (κ3) is 3.33. The van der Waals surface area contributed by atoms with Gasteiger partial charge in [-0.3, -0.25) is 9.78 Å². The molecule has 1 saturated heterocycles. The lowest BCUT2D eigenvalue weighted by Gasteiger charge is -2.32. The predicted octanol–water partition coefficient (Wildman–Crippen LogP) is 2.78. The summed E-state index contributed by atoms with van der Waals surface area (Å²) in [5, 5.41) is 0. The van der Waals surface area contributed by atoms with Gasteiger partial charge in [-0.2, -0.15) is 0 Å². The summed E-state index contributed by atoms with van der Waals surface area (Å²) in [6, 6.07) is 4.06. The largest absolute Gasteiger partial charge is 0.495 e. The molecule has 1 aromatic carbocycles. The molecule has 28 heavy (non-hydrogen) atoms. The van der Waals surface area contributed by atoms with E-state index in [4.69, 9.17) is 15.0 Å². The predicted molar refractivity (Wildman–Crippen MR) is 111 cm³/mol. The number of hydrogen-bond acceptors (Lipinski definition) is 5. The lowest BCUT2D eigenvalue weighted by molar-refractivity contribution is 0.00578. The minimum atomic E-state index is -0.575. The van der Waals surface area contributed by atoms with Gasteiger partial charge in [-0.1, -0.05) is 23.3 Å². The molecule has 6 nitrogen and oxygen atoms in total. The van der Waals surface area contributed by atoms with E-state index in [0.717, 1.165) is 27.8 Å². The maximum atomic E-state index is 11.7. The number of nitrogens with two attached hydrogens (primary N) is 1. The van der Waals surface area contributed by atoms with Crippen LogP contribution < -0.4 is 11.2 Å². The number of benzene rings is 1. The first-order valence-electron chi connectivity index (χ1n) is 9.46. The summed E-state index contributed by atoms with van der Waals surface area (Å²) in [6.45, 7) is 15.9. The fraction of sp³-hybridized carbons (Fsp3) is 0.476. The lowest BCUT2D eigenvalue weighted by Crippen LogP contribution is -2.41. The Hall–Kier alpha value is -2.25. The summed E-state index contributed by atoms with van der Waals surface area (Å²) in [4.78, 5) is 20.6. The van der Waals surface area contributed by atoms with Crippen LogP contribution in [0.25, 0.3) is 11.3 Å². The quantitative estimate of drug-likeness (QED) is 0.827. The van der Waals surface area contributed by atoms with E-state index in [-0.39, 0.29) is 5.69 Å². The molecule has 1 aliphatic rings. The molecule has 0 unspecified atom stereocenters. The van der Waals surface area contributed by atoms with Crippen LogP contribution in [-0.2, 0) is 9.31 Å². The Kier molecular flexibility index (Phi) is 4.88. The summed E-state index contributed by atoms with van der Waals surface area (Å²) in [7, 11) is -0.426. The van der Waals surface area contributed by atoms with E-state index >= 15 is 0 Å². The van der Waals surface area contributed by atoms with Crippen molar-refractivity contribution in [2.24, 2.45) is 5.73 Å². The Morgan fingerprint density at radius 3 is 1.89 bits per heavy atom. The molecule has 7 heteroatoms. The van der Waals surface area contributed by atoms with Crippen molar-refractivity contribution in [1.29, 1.82) is 0 Å². The summed E-state index contributed by atoms with van der Waals surface area (Å²) >= 11 is 0. The summed E-state index contributed by atoms with van der Waals surface area (Å²) in [5.74, 6) is -0.575. The molecule has 3 rings (SSSR count). The van der Waals surface area contributed by atoms with Crippen LogP contribution in [0.4, 0.5) is 0 Å². The van der Waals surface area contributed by atoms with Crippen LogP contribution >= 0.6 is 0 Å². The molecule has 1 aromatic heterocycles. The number of carbonyl (C=O) groups is 1. The molecule has 0 atom stereocenters. The van der Waals surface area contributed by atoms with Crippen LogP contribution in [0.15, 0.2) is 12.1 Å². The zero-order chi connectivity index (χ0) is 21.0. The number of hydrogen-bond donors (Lipinski definition) is 1. The SMILES string of the molecule is Cc1cc(-c2nc(C(N)=O)c(C)nc2C)cc(C)c1B1OC(C)(C)C(C)(C)O1. The van der Waals surface area contributed by atoms with Gasteiger partial charge < -0.3 is 15.0 Å². The monoisotopic (exact) mass is 381 g/mol. The van der Waals surface area contributed by atoms with Gasteiger partial charge in [0.15, 0.2) is 0 Å². The second-order valence-electron chi connectivity index (χ2n) is 8.57. The summed E-state index contributed by atoms with van der Waals surface area (Å²) in [6.07, 6.45) is 0. The highest BCUT2D eigenvalue weighted by atomic mass is 16.7. The van der Waals surface area contributed by atoms with E-state index in [1.54, 1.807) is 6.92 Å². The highest BCUT2D eigenvalue weighted by molar-refractivity contribution is 6.63. The first-order chi connectivity index (χ1) is 12.8. The molecular weight excluding hydrogens is 353 g/mol. The average Bonchev–Trinajstić information content (AvgIpc) is 2.73. The first kappa shape index (κ1) is 20.5. The molecule has 1 aliphatic heterocycles. The zero-order valence-corrected chi connectivity index (χ0v) is 17.9. The minimum Gasteiger partial charge on any atom is -0.399 e. The molecule has 1 fully saturated rings. The number of primary amides is 1. The second-order valence-corrected chi connectivity index (χ2v) is 8.57. The number of aromatic nitrogens is 2. The number of rotatable bonds is 3. The van der Waals surface area contributed by atoms with Gasteiger partial charge in [-0.15, -0.1) is 0 Å². The maximum Gasteiger partial charge on any atom is 0.495 e. The van der Waals surface area contributed by atoms with Crippen molar-refractivity contribution in [2.45, 2.75) is 66.6 Å². The summed E-state index contributed by atoms with van der Waals surface area (Å²) in [5.41, 5.74) is 10.8. The number of carbonyl (C=O) groups excluding carboxylic acids is 1. The molecule has 0 spiro atoms. The van der Waals surface area contributed by atoms with Crippen LogP contribution in [0.3, 0.4) is 0 Å². The molecule has 0 bridgehead atoms. The molecule has 0 radical (unpaired) electrons. The van der Waals surface area contributed by atoms with Gasteiger partial charge in [0.1, 0.15) is 5.69 Å². The third-order valence-corrected chi connectivity index (χ3v) is 5.83. The minimum absolute atomic E-state index is 0.200. The van der Waals surface area contributed by atoms with Crippen molar-refractivity contribution in [3.05, 3.63) is 40.3 Å². The van der Waals surface area contributed by atoms with Crippen molar-refractivity contribution in [3.8, 4) is 11.3 Å². The number of nitrogens with zero attached hydrogens (tertiary/aromatic N) is 2. The van der Waals surface area contributed by atoms with Crippen LogP contribution in [0.1, 0.15) is 60.7 Å². The fourth-order valence-corrected chi connectivity index (χ4v) is 3.58. The normalized spacial score (nSPS) is 17.8. The first-order valence-corrected chi connectivity index (χ1v) is 9.46. The van der Waals surface area contributed by atoms with Crippen molar-refractivity contribution < 1.29 is 14.1 Å². The van der Waals surface area contributed by atoms with E-state index in [9.17, 15) is 4.79 Å². The van der Waals surface area contributed by atoms with Gasteiger partial charge in [-0.05, 0) is 60.9 Å². The molecule has 2 aromatic rings. The van der Waals surface area contributed by atoms with Gasteiger partial charge in [0, 0.05) is 5.56 Å². The van der Waals surface area contributed by atoms with Gasteiger partial charge in [0.05, 0.1) is 28.3 Å². The van der Waals surface area contributed by atoms with Crippen molar-refractivity contribution in [1.82, 2.24) is 9.97 Å². The van der Waals surface area contributed by atoms with Gasteiger partial charge in [-0.25, -0.2) is 4.98 Å². The van der Waals surface area contributed by atoms with Crippen LogP contribution in [0.2, 0.25) is 0 Å². The fourth-order valence-electron chi connectivity index (χ4n) is 3.58. The molecule has 2 N–H and O–H groups in total. The van der Waals surface area contributed by atoms with Crippen molar-refractivity contribution >= 4 is 18.5 Å². The zero-order valence-electron chi connectivity index (χ0n) is 17.9. The molecule has 0 saturated carbocycles. The average molecular weight is 381 g/mol. The van der Waals surface area contributed by atoms with E-state index in [2.05, 4.69) is 9.97 Å². The maximum absolute atomic E-state index is 11.7. The Morgan fingerprint density at radius 2 is 1.43 bits per heavy atom. The standard InChI is InChI=1S/C21H28BN3O3/c1-11-9-15(17-13(3)24-14(4)18(25-17)19(23)26)10-12(2)16(11)22-27-20(5,6)21(7,8)28-22/h9-10H,1-8H3,(H2,23,26). The van der Waals surface area contributed by atoms with Gasteiger partial charge >= 0.3 is 7.12 Å². The Labute approximate surface area is 167 Å². The smallest absolute Gasteiger partial charge is 0.399 e. The summed E-state index contributed by atoms with van der Waals surface area (Å²) < 4.78 is 12.5. The molecule has 0 aliphatic carbocycles. The van der Waals surface area contributed by atoms with Gasteiger partial charge in [0.2, 0.25) is 0 Å². The Balaban J connectivity index is 2.07. The highest BCUT2D eigenvalue weighted by Crippen LogP contribution is 2.37. The Bertz CT molecular complexity index is 931. The highest BCUT2D eigenvalue weighted by Gasteiger charge is 2.52. The molecule has 2 heterocycles. The molecular formula is C21H28BN3O3. The van der Waals surface area contributed by atoms with E-state index in [0.29, 0.717) is 11.4 Å². The Morgan fingerprint density at radius 1 is 0.929 bits per heavy atom. The molecule has 1 amide bonds. The lowest BCUT2D eigenvalue weighted by atomic mass is 9.72. The number of aryl methyl sites for hydroxylation is 4. The topological polar surface area (TPSA) is 87.3 Å².